The number of hydrogen-bond donors (Lipinski definition) is 0. The minimum atomic E-state index is -0.444. The number of aryl methyl sites for hydroxylation is 1. The van der Waals surface area contributed by atoms with Crippen molar-refractivity contribution in [1.82, 2.24) is 0 Å². The number of ether oxygens (including phenoxy) is 1. The van der Waals surface area contributed by atoms with Crippen molar-refractivity contribution in [3.05, 3.63) is 33.9 Å². The molecule has 0 saturated heterocycles. The van der Waals surface area contributed by atoms with Gasteiger partial charge >= 0.3 is 5.69 Å². The first-order valence-corrected chi connectivity index (χ1v) is 4.47. The smallest absolute Gasteiger partial charge is 0.313 e. The van der Waals surface area contributed by atoms with Crippen molar-refractivity contribution in [3.63, 3.8) is 0 Å². The van der Waals surface area contributed by atoms with Gasteiger partial charge in [0.1, 0.15) is 0 Å². The second-order valence-corrected chi connectivity index (χ2v) is 2.98. The van der Waals surface area contributed by atoms with Crippen molar-refractivity contribution in [2.24, 2.45) is 0 Å². The summed E-state index contributed by atoms with van der Waals surface area (Å²) in [7, 11) is 0. The molecule has 1 aromatic carbocycles. The predicted molar refractivity (Wildman–Crippen MR) is 56.8 cm³/mol. The Morgan fingerprint density at radius 3 is 2.93 bits per heavy atom. The number of nitrogens with zero attached hydrogens (tertiary/aromatic N) is 1. The maximum absolute atomic E-state index is 10.8. The van der Waals surface area contributed by atoms with Crippen LogP contribution in [0.25, 0.3) is 0 Å². The molecule has 0 aliphatic rings. The molecule has 0 bridgehead atoms. The van der Waals surface area contributed by atoms with Crippen LogP contribution in [0.1, 0.15) is 12.0 Å². The summed E-state index contributed by atoms with van der Waals surface area (Å²) in [6.07, 6.45) is 5.49. The molecule has 0 amide bonds. The third-order valence-electron chi connectivity index (χ3n) is 1.89. The van der Waals surface area contributed by atoms with Gasteiger partial charge < -0.3 is 4.74 Å². The first-order chi connectivity index (χ1) is 7.16. The topological polar surface area (TPSA) is 52.4 Å². The Kier molecular flexibility index (Phi) is 3.69. The van der Waals surface area contributed by atoms with Gasteiger partial charge in [-0.1, -0.05) is 12.1 Å². The van der Waals surface area contributed by atoms with E-state index in [1.54, 1.807) is 25.1 Å². The molecule has 0 radical (unpaired) electrons. The van der Waals surface area contributed by atoms with Gasteiger partial charge in [0.25, 0.3) is 0 Å². The summed E-state index contributed by atoms with van der Waals surface area (Å²) in [6.45, 7) is 1.97. The van der Waals surface area contributed by atoms with Gasteiger partial charge in [-0.2, -0.15) is 0 Å². The molecule has 78 valence electrons. The van der Waals surface area contributed by atoms with Crippen LogP contribution >= 0.6 is 0 Å². The van der Waals surface area contributed by atoms with E-state index in [9.17, 15) is 10.1 Å². The molecule has 0 atom stereocenters. The maximum Gasteiger partial charge on any atom is 0.313 e. The van der Waals surface area contributed by atoms with Gasteiger partial charge in [0, 0.05) is 12.0 Å². The van der Waals surface area contributed by atoms with E-state index in [1.807, 2.05) is 0 Å². The van der Waals surface area contributed by atoms with Gasteiger partial charge in [-0.15, -0.1) is 12.3 Å². The molecular formula is C11H11NO3. The summed E-state index contributed by atoms with van der Waals surface area (Å²) in [6, 6.07) is 4.96. The van der Waals surface area contributed by atoms with E-state index >= 15 is 0 Å². The molecule has 0 spiro atoms. The largest absolute Gasteiger partial charge is 0.486 e. The lowest BCUT2D eigenvalue weighted by Gasteiger charge is -2.06. The maximum atomic E-state index is 10.8. The first-order valence-electron chi connectivity index (χ1n) is 4.47. The molecule has 0 saturated carbocycles. The molecule has 15 heavy (non-hydrogen) atoms. The Morgan fingerprint density at radius 1 is 1.60 bits per heavy atom. The van der Waals surface area contributed by atoms with Gasteiger partial charge in [0.15, 0.2) is 5.75 Å². The quantitative estimate of drug-likeness (QED) is 0.328. The fourth-order valence-electron chi connectivity index (χ4n) is 1.20. The number of nitro groups is 1. The monoisotopic (exact) mass is 205 g/mol. The molecule has 4 heteroatoms. The molecule has 4 nitrogen and oxygen atoms in total. The molecule has 0 N–H and O–H groups in total. The number of hydrogen-bond acceptors (Lipinski definition) is 3. The number of rotatable bonds is 4. The molecule has 0 aromatic heterocycles. The predicted octanol–water partition coefficient (Wildman–Crippen LogP) is 2.31. The van der Waals surface area contributed by atoms with Crippen molar-refractivity contribution in [1.29, 1.82) is 0 Å². The van der Waals surface area contributed by atoms with E-state index < -0.39 is 4.92 Å². The average molecular weight is 205 g/mol. The van der Waals surface area contributed by atoms with E-state index in [0.29, 0.717) is 18.6 Å². The standard InChI is InChI=1S/C11H11NO3/c1-3-4-8-15-10-7-5-6-9(2)11(10)12(13)14/h1,5-7H,4,8H2,2H3. The van der Waals surface area contributed by atoms with Gasteiger partial charge in [-0.05, 0) is 13.0 Å². The highest BCUT2D eigenvalue weighted by Crippen LogP contribution is 2.29. The zero-order valence-corrected chi connectivity index (χ0v) is 8.40. The van der Waals surface area contributed by atoms with Crippen LogP contribution in [0.4, 0.5) is 5.69 Å². The second kappa shape index (κ2) is 5.01. The summed E-state index contributed by atoms with van der Waals surface area (Å²) in [5.41, 5.74) is 0.590. The lowest BCUT2D eigenvalue weighted by Crippen LogP contribution is -2.01. The van der Waals surface area contributed by atoms with E-state index in [1.165, 1.54) is 0 Å². The highest BCUT2D eigenvalue weighted by atomic mass is 16.6. The fraction of sp³-hybridized carbons (Fsp3) is 0.273. The average Bonchev–Trinajstić information content (AvgIpc) is 2.17. The summed E-state index contributed by atoms with van der Waals surface area (Å²) in [4.78, 5) is 10.3. The minimum absolute atomic E-state index is 0.00882. The van der Waals surface area contributed by atoms with Crippen molar-refractivity contribution >= 4 is 5.69 Å². The van der Waals surface area contributed by atoms with E-state index in [0.717, 1.165) is 0 Å². The molecule has 0 fully saturated rings. The number of nitro benzene ring substituents is 1. The zero-order valence-electron chi connectivity index (χ0n) is 8.40. The Labute approximate surface area is 88.0 Å². The first kappa shape index (κ1) is 11.1. The summed E-state index contributed by atoms with van der Waals surface area (Å²) >= 11 is 0. The van der Waals surface area contributed by atoms with Gasteiger partial charge in [-0.3, -0.25) is 10.1 Å². The molecule has 1 aromatic rings. The molecular weight excluding hydrogens is 194 g/mol. The Morgan fingerprint density at radius 2 is 2.33 bits per heavy atom. The molecule has 1 rings (SSSR count). The summed E-state index contributed by atoms with van der Waals surface area (Å²) < 4.78 is 5.24. The lowest BCUT2D eigenvalue weighted by atomic mass is 10.2. The van der Waals surface area contributed by atoms with Crippen LogP contribution in [0, 0.1) is 29.4 Å². The Hall–Kier alpha value is -2.02. The van der Waals surface area contributed by atoms with Crippen LogP contribution in [0.15, 0.2) is 18.2 Å². The SMILES string of the molecule is C#CCCOc1cccc(C)c1[N+](=O)[O-]. The van der Waals surface area contributed by atoms with Crippen LogP contribution in [0.5, 0.6) is 5.75 Å². The van der Waals surface area contributed by atoms with Gasteiger partial charge in [-0.25, -0.2) is 0 Å². The highest BCUT2D eigenvalue weighted by Gasteiger charge is 2.17. The molecule has 0 aliphatic carbocycles. The van der Waals surface area contributed by atoms with E-state index in [2.05, 4.69) is 5.92 Å². The van der Waals surface area contributed by atoms with Crippen LogP contribution in [0.2, 0.25) is 0 Å². The second-order valence-electron chi connectivity index (χ2n) is 2.98. The third kappa shape index (κ3) is 2.71. The number of terminal acetylenes is 1. The fourth-order valence-corrected chi connectivity index (χ4v) is 1.20. The molecule has 0 unspecified atom stereocenters. The normalized spacial score (nSPS) is 9.33. The van der Waals surface area contributed by atoms with Crippen LogP contribution in [-0.2, 0) is 0 Å². The van der Waals surface area contributed by atoms with E-state index in [4.69, 9.17) is 11.2 Å². The van der Waals surface area contributed by atoms with Crippen molar-refractivity contribution in [2.75, 3.05) is 6.61 Å². The lowest BCUT2D eigenvalue weighted by molar-refractivity contribution is -0.386. The Bertz CT molecular complexity index is 407. The van der Waals surface area contributed by atoms with Crippen LogP contribution < -0.4 is 4.74 Å². The van der Waals surface area contributed by atoms with Crippen molar-refractivity contribution in [3.8, 4) is 18.1 Å². The van der Waals surface area contributed by atoms with Crippen LogP contribution in [0.3, 0.4) is 0 Å². The third-order valence-corrected chi connectivity index (χ3v) is 1.89. The van der Waals surface area contributed by atoms with Crippen molar-refractivity contribution < 1.29 is 9.66 Å². The number of benzene rings is 1. The van der Waals surface area contributed by atoms with Gasteiger partial charge in [0.05, 0.1) is 11.5 Å². The molecule has 0 heterocycles. The minimum Gasteiger partial charge on any atom is -0.486 e. The van der Waals surface area contributed by atoms with Crippen LogP contribution in [-0.4, -0.2) is 11.5 Å². The summed E-state index contributed by atoms with van der Waals surface area (Å²) in [5.74, 6) is 2.68. The summed E-state index contributed by atoms with van der Waals surface area (Å²) in [5, 5.41) is 10.8. The van der Waals surface area contributed by atoms with E-state index in [-0.39, 0.29) is 11.4 Å². The van der Waals surface area contributed by atoms with Gasteiger partial charge in [0.2, 0.25) is 0 Å². The highest BCUT2D eigenvalue weighted by molar-refractivity contribution is 5.51. The molecule has 0 aliphatic heterocycles. The van der Waals surface area contributed by atoms with Crippen molar-refractivity contribution in [2.45, 2.75) is 13.3 Å². The number of para-hydroxylation sites is 1. The zero-order chi connectivity index (χ0) is 11.3. The Balaban J connectivity index is 2.92.